The summed E-state index contributed by atoms with van der Waals surface area (Å²) in [4.78, 5) is 3.76. The molecule has 2 heterocycles. The number of aromatic nitrogens is 1. The van der Waals surface area contributed by atoms with Crippen LogP contribution in [-0.4, -0.2) is 32.8 Å². The number of benzene rings is 1. The Hall–Kier alpha value is -1.65. The van der Waals surface area contributed by atoms with Gasteiger partial charge in [-0.1, -0.05) is 35.3 Å². The molecule has 2 aromatic rings. The molecule has 1 saturated carbocycles. The van der Waals surface area contributed by atoms with E-state index >= 15 is 0 Å². The minimum Gasteiger partial charge on any atom is -0.755 e. The molecule has 1 aromatic carbocycles. The Bertz CT molecular complexity index is 1270. The molecule has 1 fully saturated rings. The Balaban J connectivity index is 2.05. The number of anilines is 1. The van der Waals surface area contributed by atoms with Gasteiger partial charge in [0.25, 0.3) is 0 Å². The third kappa shape index (κ3) is 3.21. The fourth-order valence-corrected chi connectivity index (χ4v) is 7.24. The van der Waals surface area contributed by atoms with E-state index in [0.29, 0.717) is 18.4 Å². The van der Waals surface area contributed by atoms with Crippen molar-refractivity contribution in [2.45, 2.75) is 43.9 Å². The number of aliphatic hydroxyl groups excluding tert-OH is 1. The van der Waals surface area contributed by atoms with E-state index in [1.807, 2.05) is 0 Å². The number of aliphatic hydroxyl groups is 1. The van der Waals surface area contributed by atoms with Gasteiger partial charge in [-0.3, -0.25) is 13.5 Å². The Morgan fingerprint density at radius 1 is 1.19 bits per heavy atom. The summed E-state index contributed by atoms with van der Waals surface area (Å²) in [6.45, 7) is 4.79. The molecule has 1 unspecified atom stereocenters. The molecule has 166 valence electrons. The van der Waals surface area contributed by atoms with Crippen LogP contribution in [0.15, 0.2) is 30.5 Å². The Morgan fingerprint density at radius 3 is 2.42 bits per heavy atom. The molecular weight excluding hydrogens is 483 g/mol. The molecule has 0 amide bonds. The van der Waals surface area contributed by atoms with Crippen molar-refractivity contribution in [3.05, 3.63) is 57.3 Å². The highest BCUT2D eigenvalue weighted by Gasteiger charge is 2.49. The summed E-state index contributed by atoms with van der Waals surface area (Å²) in [6.07, 6.45) is 2.66. The highest BCUT2D eigenvalue weighted by Crippen LogP contribution is 2.53. The first-order valence-corrected chi connectivity index (χ1v) is 12.6. The van der Waals surface area contributed by atoms with Crippen LogP contribution in [0.1, 0.15) is 50.4 Å². The summed E-state index contributed by atoms with van der Waals surface area (Å²) < 4.78 is 51.0. The van der Waals surface area contributed by atoms with E-state index < -0.39 is 42.1 Å². The normalized spacial score (nSPS) is 21.4. The largest absolute Gasteiger partial charge is 0.755 e. The molecule has 4 rings (SSSR count). The fraction of sp³-hybridized carbons (Fsp3) is 0.350. The zero-order valence-corrected chi connectivity index (χ0v) is 20.0. The monoisotopic (exact) mass is 501 g/mol. The van der Waals surface area contributed by atoms with Gasteiger partial charge in [-0.25, -0.2) is 8.42 Å². The maximum absolute atomic E-state index is 13.6. The topological polar surface area (TPSA) is 111 Å². The molecule has 0 radical (unpaired) electrons. The summed E-state index contributed by atoms with van der Waals surface area (Å²) in [5.41, 5.74) is -0.275. The number of rotatable bonds is 4. The lowest BCUT2D eigenvalue weighted by Gasteiger charge is -2.36. The second-order valence-corrected chi connectivity index (χ2v) is 12.4. The molecule has 1 N–H and O–H groups in total. The predicted molar refractivity (Wildman–Crippen MR) is 121 cm³/mol. The molecular formula is C20H19Cl2N2O5S2-. The van der Waals surface area contributed by atoms with Crippen LogP contribution in [0, 0.1) is 0 Å². The van der Waals surface area contributed by atoms with Crippen LogP contribution in [0.25, 0.3) is 10.7 Å². The van der Waals surface area contributed by atoms with Gasteiger partial charge in [-0.2, -0.15) is 0 Å². The molecule has 1 aliphatic carbocycles. The molecule has 1 atom stereocenters. The predicted octanol–water partition coefficient (Wildman–Crippen LogP) is 4.59. The summed E-state index contributed by atoms with van der Waals surface area (Å²) in [5, 5.41) is 10.8. The lowest BCUT2D eigenvalue weighted by atomic mass is 9.98. The van der Waals surface area contributed by atoms with Crippen molar-refractivity contribution < 1.29 is 22.3 Å². The minimum atomic E-state index is -4.15. The average Bonchev–Trinajstić information content (AvgIpc) is 3.43. The molecule has 0 saturated heterocycles. The number of hydrogen-bond donors (Lipinski definition) is 1. The second-order valence-electron chi connectivity index (χ2n) is 8.36. The first-order chi connectivity index (χ1) is 14.3. The van der Waals surface area contributed by atoms with E-state index in [9.17, 15) is 22.3 Å². The standard InChI is InChI=1S/C20H20Cl2N2O5S2/c1-19(2)12-5-4-10-23-15(12)17(25)18(31(19,28)29)11-6-7-13(21)16(14(11)22)24(30(26)27)20(3)8-9-20/h4-7,10,25H,8-9H2,1-3H3,(H,26,27)/p-1. The smallest absolute Gasteiger partial charge is 0.192 e. The van der Waals surface area contributed by atoms with Crippen LogP contribution in [0.4, 0.5) is 5.69 Å². The third-order valence-corrected chi connectivity index (χ3v) is 10.1. The molecule has 11 heteroatoms. The van der Waals surface area contributed by atoms with Gasteiger partial charge >= 0.3 is 0 Å². The van der Waals surface area contributed by atoms with E-state index in [1.165, 1.54) is 32.2 Å². The van der Waals surface area contributed by atoms with E-state index in [2.05, 4.69) is 4.98 Å². The van der Waals surface area contributed by atoms with Gasteiger partial charge in [0.1, 0.15) is 10.6 Å². The number of nitrogens with zero attached hydrogens (tertiary/aromatic N) is 2. The lowest BCUT2D eigenvalue weighted by Crippen LogP contribution is -2.37. The molecule has 0 spiro atoms. The minimum absolute atomic E-state index is 0.0192. The number of sulfone groups is 1. The maximum atomic E-state index is 13.6. The number of halogens is 2. The Kier molecular flexibility index (Phi) is 5.22. The van der Waals surface area contributed by atoms with Crippen molar-refractivity contribution in [1.29, 1.82) is 0 Å². The number of pyridine rings is 1. The summed E-state index contributed by atoms with van der Waals surface area (Å²) in [6, 6.07) is 5.93. The fourth-order valence-electron chi connectivity index (χ4n) is 3.80. The zero-order valence-electron chi connectivity index (χ0n) is 16.8. The van der Waals surface area contributed by atoms with Crippen molar-refractivity contribution in [3.63, 3.8) is 0 Å². The van der Waals surface area contributed by atoms with Crippen molar-refractivity contribution in [1.82, 2.24) is 4.98 Å². The first-order valence-electron chi connectivity index (χ1n) is 9.36. The molecule has 1 aliphatic heterocycles. The van der Waals surface area contributed by atoms with Gasteiger partial charge in [0, 0.05) is 28.6 Å². The van der Waals surface area contributed by atoms with Crippen LogP contribution in [0.2, 0.25) is 10.0 Å². The van der Waals surface area contributed by atoms with Gasteiger partial charge in [0.15, 0.2) is 15.6 Å². The Labute approximate surface area is 193 Å². The summed E-state index contributed by atoms with van der Waals surface area (Å²) in [7, 11) is -4.15. The van der Waals surface area contributed by atoms with E-state index in [0.717, 1.165) is 4.31 Å². The van der Waals surface area contributed by atoms with Crippen molar-refractivity contribution >= 4 is 60.7 Å². The SMILES string of the molecule is CC1(N(c2c(Cl)ccc(C3=C(O)c4ncccc4C(C)(C)S3(=O)=O)c2Cl)S(=O)[O-])CC1. The zero-order chi connectivity index (χ0) is 22.9. The van der Waals surface area contributed by atoms with Crippen molar-refractivity contribution in [2.75, 3.05) is 4.31 Å². The highest BCUT2D eigenvalue weighted by atomic mass is 35.5. The number of hydrogen-bond acceptors (Lipinski definition) is 6. The van der Waals surface area contributed by atoms with Gasteiger partial charge < -0.3 is 9.66 Å². The van der Waals surface area contributed by atoms with Gasteiger partial charge in [-0.05, 0) is 45.7 Å². The van der Waals surface area contributed by atoms with Gasteiger partial charge in [0.05, 0.1) is 26.0 Å². The third-order valence-electron chi connectivity index (χ3n) is 5.96. The Morgan fingerprint density at radius 2 is 1.84 bits per heavy atom. The maximum Gasteiger partial charge on any atom is 0.192 e. The lowest BCUT2D eigenvalue weighted by molar-refractivity contribution is 0.501. The van der Waals surface area contributed by atoms with Crippen LogP contribution in [-0.2, 0) is 25.9 Å². The van der Waals surface area contributed by atoms with Crippen molar-refractivity contribution in [3.8, 4) is 0 Å². The van der Waals surface area contributed by atoms with E-state index in [-0.39, 0.29) is 27.0 Å². The van der Waals surface area contributed by atoms with E-state index in [1.54, 1.807) is 19.1 Å². The van der Waals surface area contributed by atoms with Crippen LogP contribution < -0.4 is 4.31 Å². The van der Waals surface area contributed by atoms with Crippen LogP contribution >= 0.6 is 23.2 Å². The molecule has 0 bridgehead atoms. The van der Waals surface area contributed by atoms with Crippen molar-refractivity contribution in [2.24, 2.45) is 0 Å². The second kappa shape index (κ2) is 7.18. The van der Waals surface area contributed by atoms with Crippen LogP contribution in [0.5, 0.6) is 0 Å². The van der Waals surface area contributed by atoms with E-state index in [4.69, 9.17) is 23.2 Å². The molecule has 2 aliphatic rings. The molecule has 7 nitrogen and oxygen atoms in total. The van der Waals surface area contributed by atoms with Gasteiger partial charge in [0.2, 0.25) is 0 Å². The quantitative estimate of drug-likeness (QED) is 0.613. The van der Waals surface area contributed by atoms with Gasteiger partial charge in [-0.15, -0.1) is 0 Å². The summed E-state index contributed by atoms with van der Waals surface area (Å²) >= 11 is 10.2. The van der Waals surface area contributed by atoms with Crippen LogP contribution in [0.3, 0.4) is 0 Å². The highest BCUT2D eigenvalue weighted by molar-refractivity contribution is 8.01. The number of fused-ring (bicyclic) bond motifs is 1. The average molecular weight is 502 g/mol. The summed E-state index contributed by atoms with van der Waals surface area (Å²) in [5.74, 6) is -0.544. The molecule has 1 aromatic heterocycles. The first kappa shape index (κ1) is 22.5. The molecule has 31 heavy (non-hydrogen) atoms.